The van der Waals surface area contributed by atoms with Crippen LogP contribution in [0.5, 0.6) is 0 Å². The zero-order valence-electron chi connectivity index (χ0n) is 5.54. The first kappa shape index (κ1) is 22.5. The second kappa shape index (κ2) is 61.2. The summed E-state index contributed by atoms with van der Waals surface area (Å²) in [5.41, 5.74) is 27.0. The zero-order chi connectivity index (χ0) is 8.12. The monoisotopic (exact) mass is 268 g/mol. The summed E-state index contributed by atoms with van der Waals surface area (Å²) < 4.78 is 0. The predicted molar refractivity (Wildman–Crippen MR) is 38.7 cm³/mol. The average Bonchev–Trinajstić information content (AvgIpc) is 1.70. The fourth-order valence-electron chi connectivity index (χ4n) is 0. The Morgan fingerprint density at radius 2 is 1.10 bits per heavy atom. The molecule has 0 aromatic carbocycles. The van der Waals surface area contributed by atoms with Gasteiger partial charge in [-0.2, -0.15) is 0 Å². The van der Waals surface area contributed by atoms with Crippen LogP contribution in [-0.2, 0) is 0 Å². The van der Waals surface area contributed by atoms with E-state index in [0.717, 1.165) is 0 Å². The Hall–Kier alpha value is 0.151. The van der Waals surface area contributed by atoms with E-state index in [4.69, 9.17) is 27.2 Å². The van der Waals surface area contributed by atoms with E-state index in [9.17, 15) is 0 Å². The van der Waals surface area contributed by atoms with Crippen LogP contribution in [0.4, 0.5) is 0 Å². The summed E-state index contributed by atoms with van der Waals surface area (Å²) >= 11 is 0. The summed E-state index contributed by atoms with van der Waals surface area (Å²) in [6, 6.07) is 0. The summed E-state index contributed by atoms with van der Waals surface area (Å²) in [6.45, 7) is 1.93. The summed E-state index contributed by atoms with van der Waals surface area (Å²) in [5, 5.41) is 7.57. The summed E-state index contributed by atoms with van der Waals surface area (Å²) in [4.78, 5) is 3.00. The van der Waals surface area contributed by atoms with Crippen LogP contribution in [0, 0.1) is 0 Å². The molecule has 0 saturated carbocycles. The maximum Gasteiger partial charge on any atom is 2.00 e. The van der Waals surface area contributed by atoms with Gasteiger partial charge in [-0.15, -0.1) is 0 Å². The second-order valence-corrected chi connectivity index (χ2v) is 0.495. The van der Waals surface area contributed by atoms with E-state index in [1.165, 1.54) is 9.82 Å². The largest absolute Gasteiger partial charge is 2.00 e. The average molecular weight is 267 g/mol. The Morgan fingerprint density at radius 1 is 1.10 bits per heavy atom. The van der Waals surface area contributed by atoms with Crippen molar-refractivity contribution < 1.29 is 5.11 Å². The minimum absolute atomic E-state index is 0. The molecule has 0 rings (SSSR count). The minimum Gasteiger partial charge on any atom is -0.397 e. The molecule has 0 aromatic rings. The van der Waals surface area contributed by atoms with Crippen LogP contribution in [0.25, 0.3) is 31.9 Å². The first-order valence-electron chi connectivity index (χ1n) is 1.82. The van der Waals surface area contributed by atoms with Crippen molar-refractivity contribution in [3.05, 3.63) is 31.9 Å². The van der Waals surface area contributed by atoms with Crippen molar-refractivity contribution >= 4 is 48.9 Å². The Labute approximate surface area is 98.3 Å². The van der Waals surface area contributed by atoms with Crippen molar-refractivity contribution in [2.24, 2.45) is 0 Å². The summed E-state index contributed by atoms with van der Waals surface area (Å²) in [5.74, 6) is 0. The third-order valence-electron chi connectivity index (χ3n) is 0. The van der Waals surface area contributed by atoms with E-state index < -0.39 is 0 Å². The predicted octanol–water partition coefficient (Wildman–Crippen LogP) is 1.35. The van der Waals surface area contributed by atoms with Crippen LogP contribution < -0.4 is 0 Å². The number of rotatable bonds is 0. The Kier molecular flexibility index (Phi) is 138. The van der Waals surface area contributed by atoms with E-state index in [1.54, 1.807) is 6.92 Å². The van der Waals surface area contributed by atoms with Crippen molar-refractivity contribution in [1.82, 2.24) is 0 Å². The quantitative estimate of drug-likeness (QED) is 0.301. The van der Waals surface area contributed by atoms with Gasteiger partial charge in [0.2, 0.25) is 0 Å². The van der Waals surface area contributed by atoms with Gasteiger partial charge in [-0.25, -0.2) is 0 Å². The smallest absolute Gasteiger partial charge is 0.397 e. The first-order valence-corrected chi connectivity index (χ1v) is 1.82. The molecule has 0 aliphatic carbocycles. The van der Waals surface area contributed by atoms with Gasteiger partial charge in [0.25, 0.3) is 0 Å². The van der Waals surface area contributed by atoms with Gasteiger partial charge in [-0.1, -0.05) is 0 Å². The van der Waals surface area contributed by atoms with Gasteiger partial charge in [0, 0.05) is 6.61 Å². The van der Waals surface area contributed by atoms with Crippen LogP contribution in [0.15, 0.2) is 0 Å². The number of aliphatic hydroxyl groups excluding tert-OH is 1. The first-order chi connectivity index (χ1) is 4.24. The van der Waals surface area contributed by atoms with Crippen LogP contribution >= 0.6 is 0 Å². The number of hydrogen-bond acceptors (Lipinski definition) is 1. The topological polar surface area (TPSA) is 138 Å². The molecular formula is C2H6BaN6O. The molecule has 0 aliphatic heterocycles. The maximum atomic E-state index is 7.57. The van der Waals surface area contributed by atoms with Gasteiger partial charge in [0.05, 0.1) is 0 Å². The Morgan fingerprint density at radius 3 is 1.10 bits per heavy atom. The van der Waals surface area contributed by atoms with E-state index in [-0.39, 0.29) is 55.5 Å². The fraction of sp³-hybridized carbons (Fsp3) is 1.00. The standard InChI is InChI=1S/C2H6O.Ba.2N3/c1-2-3;;2*1-3-2/h3H,2H2,1H3;;;/q;+2;2*-1. The molecule has 0 aromatic heterocycles. The Bertz CT molecular complexity index is 79.9. The Balaban J connectivity index is -0.0000000257. The van der Waals surface area contributed by atoms with Gasteiger partial charge >= 0.3 is 48.9 Å². The van der Waals surface area contributed by atoms with Crippen LogP contribution in [-0.4, -0.2) is 60.6 Å². The molecule has 0 radical (unpaired) electrons. The van der Waals surface area contributed by atoms with Gasteiger partial charge in [0.15, 0.2) is 0 Å². The van der Waals surface area contributed by atoms with Crippen LogP contribution in [0.2, 0.25) is 0 Å². The second-order valence-electron chi connectivity index (χ2n) is 0.495. The molecule has 0 aliphatic rings. The molecular weight excluding hydrogens is 261 g/mol. The molecule has 0 spiro atoms. The molecule has 0 saturated heterocycles. The van der Waals surface area contributed by atoms with E-state index in [0.29, 0.717) is 0 Å². The van der Waals surface area contributed by atoms with E-state index >= 15 is 0 Å². The van der Waals surface area contributed by atoms with Gasteiger partial charge in [0.1, 0.15) is 0 Å². The molecule has 10 heavy (non-hydrogen) atoms. The van der Waals surface area contributed by atoms with E-state index in [1.807, 2.05) is 0 Å². The summed E-state index contributed by atoms with van der Waals surface area (Å²) in [7, 11) is 0. The summed E-state index contributed by atoms with van der Waals surface area (Å²) in [6.07, 6.45) is 0. The van der Waals surface area contributed by atoms with Crippen molar-refractivity contribution in [3.63, 3.8) is 0 Å². The van der Waals surface area contributed by atoms with Gasteiger partial charge in [-0.3, -0.25) is 9.82 Å². The molecule has 0 heterocycles. The molecule has 0 atom stereocenters. The number of hydrogen-bond donors (Lipinski definition) is 1. The molecule has 0 amide bonds. The van der Waals surface area contributed by atoms with E-state index in [2.05, 4.69) is 0 Å². The minimum atomic E-state index is 0. The molecule has 52 valence electrons. The molecule has 1 N–H and O–H groups in total. The molecule has 0 fully saturated rings. The molecule has 7 nitrogen and oxygen atoms in total. The fourth-order valence-corrected chi connectivity index (χ4v) is 0. The normalized spacial score (nSPS) is 3.40. The number of nitrogens with zero attached hydrogens (tertiary/aromatic N) is 6. The SMILES string of the molecule is CCO.[Ba+2].[N-]=[N+]=[N-].[N-]=[N+]=[N-]. The molecule has 0 unspecified atom stereocenters. The van der Waals surface area contributed by atoms with Crippen LogP contribution in [0.3, 0.4) is 0 Å². The van der Waals surface area contributed by atoms with Crippen molar-refractivity contribution in [3.8, 4) is 0 Å². The van der Waals surface area contributed by atoms with Crippen molar-refractivity contribution in [1.29, 1.82) is 0 Å². The molecule has 0 bridgehead atoms. The molecule has 8 heteroatoms. The third-order valence-corrected chi connectivity index (χ3v) is 0. The van der Waals surface area contributed by atoms with Gasteiger partial charge in [-0.05, 0) is 6.92 Å². The zero-order valence-corrected chi connectivity index (χ0v) is 9.99. The van der Waals surface area contributed by atoms with Crippen molar-refractivity contribution in [2.75, 3.05) is 6.61 Å². The van der Waals surface area contributed by atoms with Crippen molar-refractivity contribution in [2.45, 2.75) is 6.92 Å². The van der Waals surface area contributed by atoms with Crippen LogP contribution in [0.1, 0.15) is 6.92 Å². The van der Waals surface area contributed by atoms with Gasteiger partial charge < -0.3 is 27.2 Å². The maximum absolute atomic E-state index is 7.57. The number of aliphatic hydroxyl groups is 1. The third kappa shape index (κ3) is 18200.